The van der Waals surface area contributed by atoms with Gasteiger partial charge in [-0.3, -0.25) is 14.5 Å². The summed E-state index contributed by atoms with van der Waals surface area (Å²) in [5.74, 6) is -0.461. The minimum absolute atomic E-state index is 0.231. The third-order valence-corrected chi connectivity index (χ3v) is 2.95. The summed E-state index contributed by atoms with van der Waals surface area (Å²) in [6.45, 7) is 4.38. The molecule has 0 saturated carbocycles. The van der Waals surface area contributed by atoms with Crippen LogP contribution in [0.5, 0.6) is 0 Å². The van der Waals surface area contributed by atoms with Crippen LogP contribution in [0.2, 0.25) is 0 Å². The molecule has 3 nitrogen and oxygen atoms in total. The molecule has 16 heavy (non-hydrogen) atoms. The molecule has 0 spiro atoms. The number of imide groups is 1. The van der Waals surface area contributed by atoms with Crippen LogP contribution >= 0.6 is 0 Å². The molecule has 82 valence electrons. The second-order valence-electron chi connectivity index (χ2n) is 3.95. The normalized spacial score (nSPS) is 15.0. The molecule has 0 saturated heterocycles. The van der Waals surface area contributed by atoms with Crippen molar-refractivity contribution in [2.24, 2.45) is 0 Å². The predicted octanol–water partition coefficient (Wildman–Crippen LogP) is 1.73. The Morgan fingerprint density at radius 2 is 1.69 bits per heavy atom. The van der Waals surface area contributed by atoms with E-state index in [1.54, 1.807) is 0 Å². The highest BCUT2D eigenvalue weighted by molar-refractivity contribution is 6.12. The lowest BCUT2D eigenvalue weighted by Gasteiger charge is -2.16. The highest BCUT2D eigenvalue weighted by Gasteiger charge is 2.23. The summed E-state index contributed by atoms with van der Waals surface area (Å²) in [6.07, 6.45) is 2.63. The molecule has 1 aliphatic heterocycles. The number of carbonyl (C=O) groups excluding carboxylic acids is 2. The number of hydrogen-bond acceptors (Lipinski definition) is 2. The Morgan fingerprint density at radius 3 is 2.31 bits per heavy atom. The van der Waals surface area contributed by atoms with Crippen LogP contribution in [0.3, 0.4) is 0 Å². The zero-order valence-electron chi connectivity index (χ0n) is 9.36. The van der Waals surface area contributed by atoms with Crippen molar-refractivity contribution in [3.8, 4) is 0 Å². The van der Waals surface area contributed by atoms with E-state index in [2.05, 4.69) is 0 Å². The maximum atomic E-state index is 11.4. The zero-order valence-corrected chi connectivity index (χ0v) is 9.36. The first-order valence-corrected chi connectivity index (χ1v) is 5.18. The van der Waals surface area contributed by atoms with Crippen LogP contribution < -0.4 is 0 Å². The van der Waals surface area contributed by atoms with E-state index in [9.17, 15) is 9.59 Å². The van der Waals surface area contributed by atoms with Gasteiger partial charge < -0.3 is 0 Å². The molecule has 1 aromatic rings. The number of aryl methyl sites for hydroxylation is 1. The molecule has 2 rings (SSSR count). The van der Waals surface area contributed by atoms with Gasteiger partial charge in [0.2, 0.25) is 0 Å². The van der Waals surface area contributed by atoms with Gasteiger partial charge in [-0.1, -0.05) is 18.2 Å². The van der Waals surface area contributed by atoms with Gasteiger partial charge in [-0.15, -0.1) is 0 Å². The van der Waals surface area contributed by atoms with Crippen LogP contribution in [0.1, 0.15) is 16.7 Å². The minimum atomic E-state index is -0.231. The third kappa shape index (κ3) is 1.76. The Hall–Kier alpha value is -1.90. The van der Waals surface area contributed by atoms with Crippen molar-refractivity contribution in [1.82, 2.24) is 4.90 Å². The second kappa shape index (κ2) is 3.93. The third-order valence-electron chi connectivity index (χ3n) is 2.95. The molecule has 0 N–H and O–H groups in total. The zero-order chi connectivity index (χ0) is 11.7. The second-order valence-corrected chi connectivity index (χ2v) is 3.95. The average molecular weight is 215 g/mol. The summed E-state index contributed by atoms with van der Waals surface area (Å²) in [4.78, 5) is 24.1. The molecule has 0 fully saturated rings. The summed E-state index contributed by atoms with van der Waals surface area (Å²) in [5.41, 5.74) is 3.32. The Bertz CT molecular complexity index is 471. The van der Waals surface area contributed by atoms with Gasteiger partial charge in [-0.2, -0.15) is 0 Å². The molecule has 0 unspecified atom stereocenters. The Morgan fingerprint density at radius 1 is 1.06 bits per heavy atom. The van der Waals surface area contributed by atoms with Crippen LogP contribution in [-0.4, -0.2) is 16.7 Å². The molecule has 1 aliphatic rings. The van der Waals surface area contributed by atoms with Gasteiger partial charge in [0.05, 0.1) is 6.54 Å². The van der Waals surface area contributed by atoms with Gasteiger partial charge in [-0.25, -0.2) is 0 Å². The van der Waals surface area contributed by atoms with Crippen LogP contribution in [0.4, 0.5) is 0 Å². The van der Waals surface area contributed by atoms with Gasteiger partial charge in [0.15, 0.2) is 0 Å². The van der Waals surface area contributed by atoms with Crippen LogP contribution in [0.25, 0.3) is 0 Å². The summed E-state index contributed by atoms with van der Waals surface area (Å²) in [5, 5.41) is 0. The monoisotopic (exact) mass is 215 g/mol. The summed E-state index contributed by atoms with van der Waals surface area (Å²) < 4.78 is 0. The summed E-state index contributed by atoms with van der Waals surface area (Å²) in [7, 11) is 0. The van der Waals surface area contributed by atoms with E-state index in [0.717, 1.165) is 11.1 Å². The van der Waals surface area contributed by atoms with Crippen LogP contribution in [-0.2, 0) is 16.1 Å². The van der Waals surface area contributed by atoms with E-state index in [1.165, 1.54) is 22.6 Å². The Labute approximate surface area is 94.4 Å². The minimum Gasteiger partial charge on any atom is -0.271 e. The average Bonchev–Trinajstić information content (AvgIpc) is 2.56. The molecule has 1 heterocycles. The molecule has 3 heteroatoms. The predicted molar refractivity (Wildman–Crippen MR) is 60.6 cm³/mol. The fraction of sp³-hybridized carbons (Fsp3) is 0.231. The van der Waals surface area contributed by atoms with Gasteiger partial charge in [0.1, 0.15) is 0 Å². The van der Waals surface area contributed by atoms with Gasteiger partial charge in [0, 0.05) is 12.2 Å². The lowest BCUT2D eigenvalue weighted by atomic mass is 10.0. The van der Waals surface area contributed by atoms with Gasteiger partial charge >= 0.3 is 0 Å². The Kier molecular flexibility index (Phi) is 2.60. The van der Waals surface area contributed by atoms with Gasteiger partial charge in [-0.05, 0) is 30.5 Å². The number of nitrogens with zero attached hydrogens (tertiary/aromatic N) is 1. The highest BCUT2D eigenvalue weighted by atomic mass is 16.2. The van der Waals surface area contributed by atoms with Crippen molar-refractivity contribution >= 4 is 11.8 Å². The first-order chi connectivity index (χ1) is 7.59. The molecular weight excluding hydrogens is 202 g/mol. The molecular formula is C13H13NO2. The van der Waals surface area contributed by atoms with E-state index in [1.807, 2.05) is 32.0 Å². The lowest BCUT2D eigenvalue weighted by molar-refractivity contribution is -0.137. The topological polar surface area (TPSA) is 37.4 Å². The molecule has 0 radical (unpaired) electrons. The van der Waals surface area contributed by atoms with Crippen molar-refractivity contribution in [2.75, 3.05) is 0 Å². The number of benzene rings is 1. The maximum Gasteiger partial charge on any atom is 0.253 e. The van der Waals surface area contributed by atoms with E-state index in [-0.39, 0.29) is 11.8 Å². The van der Waals surface area contributed by atoms with Crippen LogP contribution in [0.15, 0.2) is 30.4 Å². The number of hydrogen-bond donors (Lipinski definition) is 0. The summed E-state index contributed by atoms with van der Waals surface area (Å²) in [6, 6.07) is 5.90. The molecule has 0 atom stereocenters. The van der Waals surface area contributed by atoms with Crippen LogP contribution in [0, 0.1) is 13.8 Å². The molecule has 0 aromatic heterocycles. The first kappa shape index (κ1) is 10.6. The van der Waals surface area contributed by atoms with E-state index in [4.69, 9.17) is 0 Å². The maximum absolute atomic E-state index is 11.4. The molecule has 1 aromatic carbocycles. The quantitative estimate of drug-likeness (QED) is 0.704. The number of rotatable bonds is 2. The molecule has 0 bridgehead atoms. The standard InChI is InChI=1S/C13H13NO2/c1-9-4-3-5-11(10(9)2)8-14-12(15)6-7-13(14)16/h3-7H,8H2,1-2H3. The van der Waals surface area contributed by atoms with E-state index in [0.29, 0.717) is 6.54 Å². The summed E-state index contributed by atoms with van der Waals surface area (Å²) >= 11 is 0. The van der Waals surface area contributed by atoms with Crippen molar-refractivity contribution < 1.29 is 9.59 Å². The van der Waals surface area contributed by atoms with Gasteiger partial charge in [0.25, 0.3) is 11.8 Å². The molecule has 0 aliphatic carbocycles. The lowest BCUT2D eigenvalue weighted by Crippen LogP contribution is -2.29. The first-order valence-electron chi connectivity index (χ1n) is 5.18. The van der Waals surface area contributed by atoms with Crippen molar-refractivity contribution in [1.29, 1.82) is 0 Å². The highest BCUT2D eigenvalue weighted by Crippen LogP contribution is 2.17. The number of amides is 2. The van der Waals surface area contributed by atoms with Crippen molar-refractivity contribution in [3.05, 3.63) is 47.0 Å². The smallest absolute Gasteiger partial charge is 0.253 e. The van der Waals surface area contributed by atoms with Crippen molar-refractivity contribution in [2.45, 2.75) is 20.4 Å². The van der Waals surface area contributed by atoms with Crippen molar-refractivity contribution in [3.63, 3.8) is 0 Å². The Balaban J connectivity index is 2.25. The van der Waals surface area contributed by atoms with E-state index < -0.39 is 0 Å². The fourth-order valence-corrected chi connectivity index (χ4v) is 1.74. The fourth-order valence-electron chi connectivity index (χ4n) is 1.74. The number of carbonyl (C=O) groups is 2. The largest absolute Gasteiger partial charge is 0.271 e. The SMILES string of the molecule is Cc1cccc(CN2C(=O)C=CC2=O)c1C. The molecule has 2 amide bonds. The van der Waals surface area contributed by atoms with E-state index >= 15 is 0 Å².